The molecule has 0 aliphatic rings. The van der Waals surface area contributed by atoms with Gasteiger partial charge in [-0.05, 0) is 75.5 Å². The van der Waals surface area contributed by atoms with Crippen LogP contribution in [0.1, 0.15) is 0 Å². The van der Waals surface area contributed by atoms with E-state index in [-0.39, 0.29) is 0 Å². The summed E-state index contributed by atoms with van der Waals surface area (Å²) in [5.74, 6) is 1.75. The van der Waals surface area contributed by atoms with Gasteiger partial charge in [-0.1, -0.05) is 24.3 Å². The van der Waals surface area contributed by atoms with Gasteiger partial charge in [-0.2, -0.15) is 0 Å². The van der Waals surface area contributed by atoms with Crippen molar-refractivity contribution in [3.05, 3.63) is 68.0 Å². The normalized spacial score (nSPS) is 10.6. The van der Waals surface area contributed by atoms with Gasteiger partial charge in [0.25, 0.3) is 0 Å². The van der Waals surface area contributed by atoms with Gasteiger partial charge in [0.15, 0.2) is 0 Å². The van der Waals surface area contributed by atoms with Gasteiger partial charge in [-0.15, -0.1) is 0 Å². The Morgan fingerprint density at radius 1 is 0.842 bits per heavy atom. The third kappa shape index (κ3) is 4.68. The number of hydrogen-bond acceptors (Lipinski definition) is 2. The molecule has 19 heavy (non-hydrogen) atoms. The first-order valence-corrected chi connectivity index (χ1v) is 7.86. The molecule has 2 aromatic rings. The molecule has 0 radical (unpaired) electrons. The maximum absolute atomic E-state index is 5.63. The molecule has 0 heterocycles. The summed E-state index contributed by atoms with van der Waals surface area (Å²) in [6.45, 7) is 0.490. The second-order valence-electron chi connectivity index (χ2n) is 3.66. The molecule has 0 spiro atoms. The maximum atomic E-state index is 5.63. The predicted octanol–water partition coefficient (Wildman–Crippen LogP) is 4.87. The molecule has 0 saturated heterocycles. The zero-order chi connectivity index (χ0) is 13.5. The first-order valence-electron chi connectivity index (χ1n) is 5.71. The third-order valence-corrected chi connectivity index (χ3v) is 4.08. The monoisotopic (exact) mass is 478 g/mol. The van der Waals surface area contributed by atoms with E-state index in [1.807, 2.05) is 54.6 Å². The van der Waals surface area contributed by atoms with Crippen molar-refractivity contribution < 1.29 is 9.47 Å². The lowest BCUT2D eigenvalue weighted by Crippen LogP contribution is -1.96. The van der Waals surface area contributed by atoms with Gasteiger partial charge in [0, 0.05) is 0 Å². The minimum Gasteiger partial charge on any atom is -0.488 e. The van der Waals surface area contributed by atoms with E-state index in [1.54, 1.807) is 6.26 Å². The molecular formula is C15H12I2O2. The van der Waals surface area contributed by atoms with Crippen LogP contribution in [0.25, 0.3) is 0 Å². The fraction of sp³-hybridized carbons (Fsp3) is 0.0667. The maximum Gasteiger partial charge on any atom is 0.139 e. The van der Waals surface area contributed by atoms with E-state index in [0.29, 0.717) is 6.61 Å². The Morgan fingerprint density at radius 3 is 2.05 bits per heavy atom. The summed E-state index contributed by atoms with van der Waals surface area (Å²) >= 11 is 4.50. The van der Waals surface area contributed by atoms with Gasteiger partial charge in [-0.25, -0.2) is 0 Å². The van der Waals surface area contributed by atoms with Gasteiger partial charge in [-0.3, -0.25) is 0 Å². The van der Waals surface area contributed by atoms with Gasteiger partial charge in [0.05, 0.1) is 13.4 Å². The van der Waals surface area contributed by atoms with Gasteiger partial charge >= 0.3 is 0 Å². The van der Waals surface area contributed by atoms with Crippen LogP contribution in [0.2, 0.25) is 0 Å². The van der Waals surface area contributed by atoms with E-state index < -0.39 is 0 Å². The molecule has 0 unspecified atom stereocenters. The van der Waals surface area contributed by atoms with Crippen molar-refractivity contribution in [3.63, 3.8) is 0 Å². The third-order valence-electron chi connectivity index (χ3n) is 2.30. The van der Waals surface area contributed by atoms with Crippen LogP contribution in [-0.4, -0.2) is 6.61 Å². The Bertz CT molecular complexity index is 568. The molecule has 0 N–H and O–H groups in total. The molecule has 98 valence electrons. The van der Waals surface area contributed by atoms with Crippen LogP contribution in [-0.2, 0) is 0 Å². The van der Waals surface area contributed by atoms with Crippen LogP contribution in [0, 0.1) is 7.14 Å². The zero-order valence-electron chi connectivity index (χ0n) is 10.1. The second kappa shape index (κ2) is 7.74. The fourth-order valence-electron chi connectivity index (χ4n) is 1.40. The molecule has 0 aromatic heterocycles. The molecule has 0 saturated carbocycles. The van der Waals surface area contributed by atoms with E-state index >= 15 is 0 Å². The summed E-state index contributed by atoms with van der Waals surface area (Å²) in [6.07, 6.45) is 3.51. The summed E-state index contributed by atoms with van der Waals surface area (Å²) in [6, 6.07) is 15.8. The van der Waals surface area contributed by atoms with Crippen LogP contribution in [0.15, 0.2) is 60.9 Å². The standard InChI is InChI=1S/C15H12I2O2/c16-12-6-1-3-8-14(12)18-10-5-11-19-15-9-4-2-7-13(15)17/h1-10H,11H2. The number of rotatable bonds is 5. The molecule has 2 rings (SSSR count). The molecule has 2 aromatic carbocycles. The van der Waals surface area contributed by atoms with Crippen molar-refractivity contribution in [2.45, 2.75) is 0 Å². The molecule has 0 bridgehead atoms. The van der Waals surface area contributed by atoms with Crippen molar-refractivity contribution in [2.75, 3.05) is 6.61 Å². The van der Waals surface area contributed by atoms with Crippen molar-refractivity contribution in [2.24, 2.45) is 0 Å². The molecule has 0 aliphatic carbocycles. The lowest BCUT2D eigenvalue weighted by molar-refractivity contribution is 0.355. The Balaban J connectivity index is 1.82. The quantitative estimate of drug-likeness (QED) is 0.452. The molecule has 2 nitrogen and oxygen atoms in total. The molecule has 0 aliphatic heterocycles. The second-order valence-corrected chi connectivity index (χ2v) is 5.99. The van der Waals surface area contributed by atoms with E-state index in [0.717, 1.165) is 18.6 Å². The zero-order valence-corrected chi connectivity index (χ0v) is 14.4. The highest BCUT2D eigenvalue weighted by molar-refractivity contribution is 14.1. The molecule has 0 amide bonds. The molecular weight excluding hydrogens is 466 g/mol. The molecule has 0 atom stereocenters. The minimum absolute atomic E-state index is 0.490. The Morgan fingerprint density at radius 2 is 1.42 bits per heavy atom. The first kappa shape index (κ1) is 14.6. The number of ether oxygens (including phenoxy) is 2. The van der Waals surface area contributed by atoms with Crippen molar-refractivity contribution in [1.29, 1.82) is 0 Å². The largest absolute Gasteiger partial charge is 0.488 e. The summed E-state index contributed by atoms with van der Waals surface area (Å²) in [5.41, 5.74) is 0. The first-order chi connectivity index (χ1) is 9.27. The van der Waals surface area contributed by atoms with Crippen molar-refractivity contribution in [1.82, 2.24) is 0 Å². The highest BCUT2D eigenvalue weighted by Crippen LogP contribution is 2.20. The summed E-state index contributed by atoms with van der Waals surface area (Å²) in [7, 11) is 0. The van der Waals surface area contributed by atoms with E-state index in [1.165, 1.54) is 0 Å². The number of halogens is 2. The van der Waals surface area contributed by atoms with E-state index in [2.05, 4.69) is 45.2 Å². The van der Waals surface area contributed by atoms with Gasteiger partial charge < -0.3 is 9.47 Å². The molecule has 0 fully saturated rings. The smallest absolute Gasteiger partial charge is 0.139 e. The van der Waals surface area contributed by atoms with Crippen molar-refractivity contribution in [3.8, 4) is 11.5 Å². The van der Waals surface area contributed by atoms with Gasteiger partial charge in [0.1, 0.15) is 18.1 Å². The molecule has 4 heteroatoms. The summed E-state index contributed by atoms with van der Waals surface area (Å²) in [4.78, 5) is 0. The average Bonchev–Trinajstić information content (AvgIpc) is 2.42. The number of benzene rings is 2. The lowest BCUT2D eigenvalue weighted by atomic mass is 10.3. The summed E-state index contributed by atoms with van der Waals surface area (Å²) in [5, 5.41) is 0. The van der Waals surface area contributed by atoms with E-state index in [4.69, 9.17) is 9.47 Å². The van der Waals surface area contributed by atoms with Crippen LogP contribution in [0.5, 0.6) is 11.5 Å². The minimum atomic E-state index is 0.490. The number of hydrogen-bond donors (Lipinski definition) is 0. The fourth-order valence-corrected chi connectivity index (χ4v) is 2.46. The number of para-hydroxylation sites is 2. The predicted molar refractivity (Wildman–Crippen MR) is 93.6 cm³/mol. The Hall–Kier alpha value is -0.760. The average molecular weight is 478 g/mol. The SMILES string of the molecule is Ic1ccccc1OC=CCOc1ccccc1I. The Labute approximate surface area is 140 Å². The topological polar surface area (TPSA) is 18.5 Å². The van der Waals surface area contributed by atoms with E-state index in [9.17, 15) is 0 Å². The van der Waals surface area contributed by atoms with Crippen LogP contribution in [0.4, 0.5) is 0 Å². The van der Waals surface area contributed by atoms with Crippen LogP contribution in [0.3, 0.4) is 0 Å². The highest BCUT2D eigenvalue weighted by atomic mass is 127. The van der Waals surface area contributed by atoms with Crippen LogP contribution < -0.4 is 9.47 Å². The Kier molecular flexibility index (Phi) is 5.96. The van der Waals surface area contributed by atoms with Crippen molar-refractivity contribution >= 4 is 45.2 Å². The lowest BCUT2D eigenvalue weighted by Gasteiger charge is -2.05. The highest BCUT2D eigenvalue weighted by Gasteiger charge is 1.97. The van der Waals surface area contributed by atoms with Crippen LogP contribution >= 0.6 is 45.2 Å². The van der Waals surface area contributed by atoms with Gasteiger partial charge in [0.2, 0.25) is 0 Å². The summed E-state index contributed by atoms with van der Waals surface area (Å²) < 4.78 is 13.4.